The molecule has 5 heterocycles. The van der Waals surface area contributed by atoms with Gasteiger partial charge in [0.05, 0.1) is 12.1 Å². The number of para-hydroxylation sites is 1. The van der Waals surface area contributed by atoms with Crippen molar-refractivity contribution in [1.82, 2.24) is 14.5 Å². The van der Waals surface area contributed by atoms with Crippen LogP contribution < -0.4 is 11.2 Å². The van der Waals surface area contributed by atoms with E-state index in [2.05, 4.69) is 22.1 Å². The largest absolute Gasteiger partial charge is 0.402 e. The Kier molecular flexibility index (Phi) is 3.69. The van der Waals surface area contributed by atoms with Crippen LogP contribution in [0.3, 0.4) is 0 Å². The molecule has 0 bridgehead atoms. The number of benzene rings is 2. The van der Waals surface area contributed by atoms with E-state index in [0.29, 0.717) is 16.8 Å². The Balaban J connectivity index is 1.64. The minimum absolute atomic E-state index is 0.174. The van der Waals surface area contributed by atoms with Gasteiger partial charge in [0, 0.05) is 43.5 Å². The van der Waals surface area contributed by atoms with E-state index in [1.807, 2.05) is 58.5 Å². The van der Waals surface area contributed by atoms with Crippen molar-refractivity contribution >= 4 is 65.2 Å². The molecular weight excluding hydrogens is 434 g/mol. The van der Waals surface area contributed by atoms with Gasteiger partial charge in [0.1, 0.15) is 5.52 Å². The molecule has 7 aromatic rings. The Labute approximate surface area is 189 Å². The smallest absolute Gasteiger partial charge is 0.362 e. The molecule has 5 aromatic heterocycles. The van der Waals surface area contributed by atoms with E-state index < -0.39 is 5.63 Å². The summed E-state index contributed by atoms with van der Waals surface area (Å²) >= 11 is 1.66. The third kappa shape index (κ3) is 2.57. The summed E-state index contributed by atoms with van der Waals surface area (Å²) in [5, 5.41) is 6.63. The molecule has 0 unspecified atom stereocenters. The highest BCUT2D eigenvalue weighted by atomic mass is 32.1. The number of hydrogen-bond donors (Lipinski definition) is 1. The lowest BCUT2D eigenvalue weighted by Crippen LogP contribution is -2.17. The zero-order chi connectivity index (χ0) is 22.1. The molecular formula is C26H15N3O3S. The zero-order valence-electron chi connectivity index (χ0n) is 17.2. The van der Waals surface area contributed by atoms with Gasteiger partial charge in [-0.1, -0.05) is 18.2 Å². The average molecular weight is 449 g/mol. The lowest BCUT2D eigenvalue weighted by Gasteiger charge is -2.08. The molecule has 0 saturated heterocycles. The van der Waals surface area contributed by atoms with Gasteiger partial charge >= 0.3 is 5.63 Å². The number of hydrogen-bond acceptors (Lipinski definition) is 5. The molecule has 7 rings (SSSR count). The molecule has 2 aromatic carbocycles. The van der Waals surface area contributed by atoms with Crippen LogP contribution in [0.5, 0.6) is 0 Å². The first kappa shape index (κ1) is 18.4. The van der Waals surface area contributed by atoms with Gasteiger partial charge in [-0.2, -0.15) is 0 Å². The monoisotopic (exact) mass is 449 g/mol. The van der Waals surface area contributed by atoms with E-state index in [9.17, 15) is 9.59 Å². The summed E-state index contributed by atoms with van der Waals surface area (Å²) in [6, 6.07) is 19.5. The summed E-state index contributed by atoms with van der Waals surface area (Å²) in [5.74, 6) is 0. The summed E-state index contributed by atoms with van der Waals surface area (Å²) in [6.45, 7) is 0.242. The van der Waals surface area contributed by atoms with Crippen molar-refractivity contribution in [3.8, 4) is 0 Å². The Bertz CT molecular complexity index is 2010. The second-order valence-corrected chi connectivity index (χ2v) is 9.01. The molecule has 33 heavy (non-hydrogen) atoms. The Morgan fingerprint density at radius 3 is 2.82 bits per heavy atom. The van der Waals surface area contributed by atoms with Crippen LogP contribution in [0.2, 0.25) is 0 Å². The number of rotatable bonds is 2. The lowest BCUT2D eigenvalue weighted by molar-refractivity contribution is 0.553. The van der Waals surface area contributed by atoms with Crippen LogP contribution >= 0.6 is 11.3 Å². The quantitative estimate of drug-likeness (QED) is 0.383. The highest BCUT2D eigenvalue weighted by Crippen LogP contribution is 2.38. The van der Waals surface area contributed by atoms with E-state index in [-0.39, 0.29) is 12.1 Å². The molecule has 0 radical (unpaired) electrons. The number of nitrogens with one attached hydrogen (secondary N) is 1. The molecule has 0 aliphatic rings. The SMILES string of the molecule is O=c1[nH]c2ccccc2cc1Cn1c2ccc3sccc3c2c2c3cccnc3oc(=O)c21. The number of aromatic nitrogens is 3. The van der Waals surface area contributed by atoms with Crippen molar-refractivity contribution in [3.05, 3.63) is 98.6 Å². The van der Waals surface area contributed by atoms with Gasteiger partial charge in [0.15, 0.2) is 0 Å². The molecule has 6 nitrogen and oxygen atoms in total. The summed E-state index contributed by atoms with van der Waals surface area (Å²) < 4.78 is 8.64. The van der Waals surface area contributed by atoms with Crippen molar-refractivity contribution in [2.24, 2.45) is 0 Å². The summed E-state index contributed by atoms with van der Waals surface area (Å²) in [4.78, 5) is 33.4. The summed E-state index contributed by atoms with van der Waals surface area (Å²) in [5.41, 5.74) is 2.35. The van der Waals surface area contributed by atoms with Gasteiger partial charge in [-0.3, -0.25) is 4.79 Å². The Morgan fingerprint density at radius 1 is 0.970 bits per heavy atom. The average Bonchev–Trinajstić information content (AvgIpc) is 3.43. The number of pyridine rings is 2. The summed E-state index contributed by atoms with van der Waals surface area (Å²) in [7, 11) is 0. The number of thiophene rings is 1. The van der Waals surface area contributed by atoms with Crippen LogP contribution in [0.15, 0.2) is 86.2 Å². The molecule has 0 saturated carbocycles. The van der Waals surface area contributed by atoms with Crippen LogP contribution in [0.1, 0.15) is 5.56 Å². The van der Waals surface area contributed by atoms with Gasteiger partial charge in [-0.15, -0.1) is 11.3 Å². The third-order valence-electron chi connectivity index (χ3n) is 6.24. The standard InChI is InChI=1S/C26H15N3O3S/c30-24-15(12-14-4-1-2-6-18(14)28-24)13-29-19-7-8-20-16(9-11-33-20)21(19)22-17-5-3-10-27-25(17)32-26(31)23(22)29/h1-12H,13H2,(H,28,30). The second-order valence-electron chi connectivity index (χ2n) is 8.06. The van der Waals surface area contributed by atoms with Crippen molar-refractivity contribution in [3.63, 3.8) is 0 Å². The molecule has 1 N–H and O–H groups in total. The second kappa shape index (κ2) is 6.63. The van der Waals surface area contributed by atoms with Crippen molar-refractivity contribution in [1.29, 1.82) is 0 Å². The summed E-state index contributed by atoms with van der Waals surface area (Å²) in [6.07, 6.45) is 1.62. The highest BCUT2D eigenvalue weighted by molar-refractivity contribution is 7.17. The highest BCUT2D eigenvalue weighted by Gasteiger charge is 2.21. The molecule has 0 atom stereocenters. The lowest BCUT2D eigenvalue weighted by atomic mass is 10.1. The maximum atomic E-state index is 13.2. The van der Waals surface area contributed by atoms with E-state index in [1.165, 1.54) is 0 Å². The first-order chi connectivity index (χ1) is 16.2. The zero-order valence-corrected chi connectivity index (χ0v) is 18.0. The van der Waals surface area contributed by atoms with E-state index in [4.69, 9.17) is 4.42 Å². The molecule has 7 heteroatoms. The predicted molar refractivity (Wildman–Crippen MR) is 132 cm³/mol. The van der Waals surface area contributed by atoms with Crippen LogP contribution in [-0.4, -0.2) is 14.5 Å². The number of aromatic amines is 1. The Morgan fingerprint density at radius 2 is 1.88 bits per heavy atom. The minimum Gasteiger partial charge on any atom is -0.402 e. The van der Waals surface area contributed by atoms with E-state index in [0.717, 1.165) is 42.7 Å². The number of fused-ring (bicyclic) bond motifs is 8. The van der Waals surface area contributed by atoms with Crippen molar-refractivity contribution in [2.45, 2.75) is 6.54 Å². The van der Waals surface area contributed by atoms with Gasteiger partial charge in [-0.05, 0) is 53.2 Å². The van der Waals surface area contributed by atoms with Gasteiger partial charge < -0.3 is 14.0 Å². The molecule has 0 aliphatic carbocycles. The molecule has 0 spiro atoms. The molecule has 0 amide bonds. The predicted octanol–water partition coefficient (Wildman–Crippen LogP) is 5.40. The van der Waals surface area contributed by atoms with Gasteiger partial charge in [-0.25, -0.2) is 9.78 Å². The van der Waals surface area contributed by atoms with Gasteiger partial charge in [0.25, 0.3) is 5.56 Å². The fourth-order valence-corrected chi connectivity index (χ4v) is 5.61. The van der Waals surface area contributed by atoms with Crippen LogP contribution in [0.25, 0.3) is 53.9 Å². The van der Waals surface area contributed by atoms with Crippen molar-refractivity contribution < 1.29 is 4.42 Å². The first-order valence-electron chi connectivity index (χ1n) is 10.5. The topological polar surface area (TPSA) is 80.9 Å². The van der Waals surface area contributed by atoms with E-state index >= 15 is 0 Å². The molecule has 0 aliphatic heterocycles. The number of nitrogens with zero attached hydrogens (tertiary/aromatic N) is 2. The normalized spacial score (nSPS) is 12.0. The van der Waals surface area contributed by atoms with E-state index in [1.54, 1.807) is 17.5 Å². The molecule has 0 fully saturated rings. The fraction of sp³-hybridized carbons (Fsp3) is 0.0385. The van der Waals surface area contributed by atoms with Crippen LogP contribution in [0.4, 0.5) is 0 Å². The fourth-order valence-electron chi connectivity index (χ4n) is 4.81. The maximum absolute atomic E-state index is 13.2. The van der Waals surface area contributed by atoms with Crippen LogP contribution in [0, 0.1) is 0 Å². The van der Waals surface area contributed by atoms with Gasteiger partial charge in [0.2, 0.25) is 5.71 Å². The minimum atomic E-state index is -0.465. The Hall–Kier alpha value is -4.23. The first-order valence-corrected chi connectivity index (χ1v) is 11.4. The molecule has 158 valence electrons. The third-order valence-corrected chi connectivity index (χ3v) is 7.12. The number of H-pyrrole nitrogens is 1. The van der Waals surface area contributed by atoms with Crippen LogP contribution in [-0.2, 0) is 6.54 Å². The maximum Gasteiger partial charge on any atom is 0.362 e. The van der Waals surface area contributed by atoms with Crippen molar-refractivity contribution in [2.75, 3.05) is 0 Å².